The number of hydrogen-bond donors (Lipinski definition) is 3. The topological polar surface area (TPSA) is 96.5 Å². The van der Waals surface area contributed by atoms with Gasteiger partial charge in [0.05, 0.1) is 12.9 Å². The largest absolute Gasteiger partial charge is 0.497 e. The number of nitrogens with one attached hydrogen (secondary N) is 3. The zero-order chi connectivity index (χ0) is 29.2. The molecule has 4 aromatic rings. The van der Waals surface area contributed by atoms with Gasteiger partial charge in [0.25, 0.3) is 11.8 Å². The highest BCUT2D eigenvalue weighted by molar-refractivity contribution is 8.00. The molecule has 3 N–H and O–H groups in total. The zero-order valence-electron chi connectivity index (χ0n) is 23.1. The number of carbonyl (C=O) groups excluding carboxylic acids is 3. The SMILES string of the molecule is COc1cccc(/C=C(\NC(=O)c2ccccc2)C(=O)Nc2cccc(SCC(=O)Nc3ccc(C)c(C)c3)c2)c1. The molecule has 0 atom stereocenters. The van der Waals surface area contributed by atoms with E-state index in [0.717, 1.165) is 21.7 Å². The minimum Gasteiger partial charge on any atom is -0.497 e. The monoisotopic (exact) mass is 565 g/mol. The van der Waals surface area contributed by atoms with Gasteiger partial charge >= 0.3 is 0 Å². The fraction of sp³-hybridized carbons (Fsp3) is 0.121. The van der Waals surface area contributed by atoms with Crippen LogP contribution in [0.4, 0.5) is 11.4 Å². The van der Waals surface area contributed by atoms with Gasteiger partial charge in [-0.1, -0.05) is 42.5 Å². The second-order valence-corrected chi connectivity index (χ2v) is 10.3. The quantitative estimate of drug-likeness (QED) is 0.152. The Bertz CT molecular complexity index is 1580. The number of benzene rings is 4. The second-order valence-electron chi connectivity index (χ2n) is 9.27. The van der Waals surface area contributed by atoms with Gasteiger partial charge in [0, 0.05) is 21.8 Å². The van der Waals surface area contributed by atoms with Crippen LogP contribution in [0, 0.1) is 13.8 Å². The molecule has 208 valence electrons. The molecule has 0 spiro atoms. The molecular formula is C33H31N3O4S. The van der Waals surface area contributed by atoms with Gasteiger partial charge < -0.3 is 20.7 Å². The van der Waals surface area contributed by atoms with Gasteiger partial charge in [-0.05, 0) is 91.2 Å². The van der Waals surface area contributed by atoms with Crippen LogP contribution in [0.3, 0.4) is 0 Å². The molecule has 0 aliphatic rings. The lowest BCUT2D eigenvalue weighted by Gasteiger charge is -2.12. The molecule has 0 radical (unpaired) electrons. The Balaban J connectivity index is 1.46. The van der Waals surface area contributed by atoms with Gasteiger partial charge in [-0.3, -0.25) is 14.4 Å². The molecule has 0 heterocycles. The van der Waals surface area contributed by atoms with Crippen molar-refractivity contribution in [2.24, 2.45) is 0 Å². The lowest BCUT2D eigenvalue weighted by Crippen LogP contribution is -2.30. The van der Waals surface area contributed by atoms with Crippen molar-refractivity contribution in [2.45, 2.75) is 18.7 Å². The summed E-state index contributed by atoms with van der Waals surface area (Å²) in [6.07, 6.45) is 1.59. The van der Waals surface area contributed by atoms with Crippen LogP contribution in [-0.4, -0.2) is 30.6 Å². The first-order valence-electron chi connectivity index (χ1n) is 12.9. The Kier molecular flexibility index (Phi) is 9.96. The molecule has 0 bridgehead atoms. The molecular weight excluding hydrogens is 534 g/mol. The van der Waals surface area contributed by atoms with Gasteiger partial charge in [0.2, 0.25) is 5.91 Å². The number of anilines is 2. The molecule has 0 aliphatic carbocycles. The van der Waals surface area contributed by atoms with Gasteiger partial charge in [0.15, 0.2) is 0 Å². The average Bonchev–Trinajstić information content (AvgIpc) is 2.98. The fourth-order valence-corrected chi connectivity index (χ4v) is 4.62. The number of rotatable bonds is 10. The maximum absolute atomic E-state index is 13.4. The van der Waals surface area contributed by atoms with Crippen LogP contribution in [0.1, 0.15) is 27.0 Å². The smallest absolute Gasteiger partial charge is 0.272 e. The number of hydrogen-bond acceptors (Lipinski definition) is 5. The molecule has 0 fully saturated rings. The summed E-state index contributed by atoms with van der Waals surface area (Å²) < 4.78 is 5.29. The lowest BCUT2D eigenvalue weighted by molar-refractivity contribution is -0.114. The molecule has 0 aliphatic heterocycles. The van der Waals surface area contributed by atoms with Crippen molar-refractivity contribution in [1.29, 1.82) is 0 Å². The lowest BCUT2D eigenvalue weighted by atomic mass is 10.1. The molecule has 0 aromatic heterocycles. The summed E-state index contributed by atoms with van der Waals surface area (Å²) in [5, 5.41) is 8.51. The third-order valence-electron chi connectivity index (χ3n) is 6.19. The number of thioether (sulfide) groups is 1. The number of aryl methyl sites for hydroxylation is 2. The molecule has 8 heteroatoms. The van der Waals surface area contributed by atoms with Crippen molar-refractivity contribution in [2.75, 3.05) is 23.5 Å². The van der Waals surface area contributed by atoms with E-state index in [1.54, 1.807) is 73.8 Å². The molecule has 0 saturated carbocycles. The minimum atomic E-state index is -0.494. The molecule has 0 saturated heterocycles. The highest BCUT2D eigenvalue weighted by atomic mass is 32.2. The summed E-state index contributed by atoms with van der Waals surface area (Å²) in [7, 11) is 1.56. The summed E-state index contributed by atoms with van der Waals surface area (Å²) in [6.45, 7) is 4.03. The van der Waals surface area contributed by atoms with Crippen molar-refractivity contribution >= 4 is 46.9 Å². The van der Waals surface area contributed by atoms with Crippen molar-refractivity contribution in [3.8, 4) is 5.75 Å². The van der Waals surface area contributed by atoms with Gasteiger partial charge in [0.1, 0.15) is 11.4 Å². The van der Waals surface area contributed by atoms with Crippen LogP contribution >= 0.6 is 11.8 Å². The number of carbonyl (C=O) groups is 3. The van der Waals surface area contributed by atoms with E-state index in [0.29, 0.717) is 22.6 Å². The van der Waals surface area contributed by atoms with Gasteiger partial charge in [-0.2, -0.15) is 0 Å². The Hall–Kier alpha value is -4.82. The summed E-state index contributed by atoms with van der Waals surface area (Å²) in [5.74, 6) is -0.196. The summed E-state index contributed by atoms with van der Waals surface area (Å²) >= 11 is 1.36. The molecule has 7 nitrogen and oxygen atoms in total. The number of methoxy groups -OCH3 is 1. The van der Waals surface area contributed by atoms with E-state index in [-0.39, 0.29) is 17.4 Å². The maximum Gasteiger partial charge on any atom is 0.272 e. The number of amides is 3. The molecule has 0 unspecified atom stereocenters. The van der Waals surface area contributed by atoms with Crippen LogP contribution in [0.5, 0.6) is 5.75 Å². The summed E-state index contributed by atoms with van der Waals surface area (Å²) in [5.41, 5.74) is 4.73. The Morgan fingerprint density at radius 2 is 1.54 bits per heavy atom. The molecule has 4 rings (SSSR count). The van der Waals surface area contributed by atoms with Gasteiger partial charge in [-0.25, -0.2) is 0 Å². The first-order chi connectivity index (χ1) is 19.8. The summed E-state index contributed by atoms with van der Waals surface area (Å²) in [4.78, 5) is 39.6. The third kappa shape index (κ3) is 8.58. The van der Waals surface area contributed by atoms with Crippen LogP contribution in [0.2, 0.25) is 0 Å². The van der Waals surface area contributed by atoms with E-state index < -0.39 is 11.8 Å². The van der Waals surface area contributed by atoms with Crippen molar-refractivity contribution in [3.63, 3.8) is 0 Å². The predicted octanol–water partition coefficient (Wildman–Crippen LogP) is 6.45. The predicted molar refractivity (Wildman–Crippen MR) is 165 cm³/mol. The standard InChI is InChI=1S/C33H31N3O4S/c1-22-15-16-27(17-23(22)2)34-31(37)21-41-29-14-8-12-26(20-29)35-33(39)30(19-24-9-7-13-28(18-24)40-3)36-32(38)25-10-5-4-6-11-25/h4-20H,21H2,1-3H3,(H,34,37)(H,35,39)(H,36,38)/b30-19-. The average molecular weight is 566 g/mol. The Labute approximate surface area is 244 Å². The van der Waals surface area contributed by atoms with Crippen LogP contribution < -0.4 is 20.7 Å². The van der Waals surface area contributed by atoms with E-state index in [1.807, 2.05) is 50.2 Å². The Morgan fingerprint density at radius 3 is 2.29 bits per heavy atom. The highest BCUT2D eigenvalue weighted by Crippen LogP contribution is 2.23. The molecule has 3 amide bonds. The zero-order valence-corrected chi connectivity index (χ0v) is 23.9. The normalized spacial score (nSPS) is 11.0. The van der Waals surface area contributed by atoms with Crippen molar-refractivity contribution < 1.29 is 19.1 Å². The van der Waals surface area contributed by atoms with E-state index in [4.69, 9.17) is 4.74 Å². The highest BCUT2D eigenvalue weighted by Gasteiger charge is 2.16. The van der Waals surface area contributed by atoms with Gasteiger partial charge in [-0.15, -0.1) is 11.8 Å². The Morgan fingerprint density at radius 1 is 0.780 bits per heavy atom. The maximum atomic E-state index is 13.4. The molecule has 4 aromatic carbocycles. The number of ether oxygens (including phenoxy) is 1. The second kappa shape index (κ2) is 14.0. The van der Waals surface area contributed by atoms with Crippen LogP contribution in [-0.2, 0) is 9.59 Å². The first-order valence-corrected chi connectivity index (χ1v) is 13.9. The van der Waals surface area contributed by atoms with E-state index >= 15 is 0 Å². The van der Waals surface area contributed by atoms with E-state index in [2.05, 4.69) is 16.0 Å². The van der Waals surface area contributed by atoms with Crippen LogP contribution in [0.15, 0.2) is 108 Å². The van der Waals surface area contributed by atoms with Crippen LogP contribution in [0.25, 0.3) is 6.08 Å². The minimum absolute atomic E-state index is 0.0675. The summed E-state index contributed by atoms with van der Waals surface area (Å²) in [6, 6.07) is 28.9. The van der Waals surface area contributed by atoms with E-state index in [9.17, 15) is 14.4 Å². The third-order valence-corrected chi connectivity index (χ3v) is 7.18. The van der Waals surface area contributed by atoms with E-state index in [1.165, 1.54) is 11.8 Å². The van der Waals surface area contributed by atoms with Crippen molar-refractivity contribution in [3.05, 3.63) is 125 Å². The van der Waals surface area contributed by atoms with Crippen molar-refractivity contribution in [1.82, 2.24) is 5.32 Å². The fourth-order valence-electron chi connectivity index (χ4n) is 3.87. The molecule has 41 heavy (non-hydrogen) atoms. The first kappa shape index (κ1) is 29.2.